The highest BCUT2D eigenvalue weighted by Gasteiger charge is 2.48. The first-order valence-electron chi connectivity index (χ1n) is 10.1. The Bertz CT molecular complexity index is 643. The molecule has 1 saturated heterocycles. The van der Waals surface area contributed by atoms with Crippen molar-refractivity contribution in [3.8, 4) is 0 Å². The molecule has 4 saturated carbocycles. The molecular weight excluding hydrogens is 392 g/mol. The van der Waals surface area contributed by atoms with Gasteiger partial charge in [-0.2, -0.15) is 0 Å². The maximum Gasteiger partial charge on any atom is 0.317 e. The lowest BCUT2D eigenvalue weighted by Crippen LogP contribution is -2.60. The van der Waals surface area contributed by atoms with Gasteiger partial charge in [0.25, 0.3) is 0 Å². The van der Waals surface area contributed by atoms with Crippen molar-refractivity contribution in [2.24, 2.45) is 23.7 Å². The molecule has 0 aromatic carbocycles. The quantitative estimate of drug-likeness (QED) is 0.799. The van der Waals surface area contributed by atoms with E-state index in [1.54, 1.807) is 0 Å². The number of aromatic nitrogens is 1. The Balaban J connectivity index is 1.17. The highest BCUT2D eigenvalue weighted by atomic mass is 79.9. The van der Waals surface area contributed by atoms with E-state index in [4.69, 9.17) is 0 Å². The molecule has 5 nitrogen and oxygen atoms in total. The molecule has 4 bridgehead atoms. The van der Waals surface area contributed by atoms with Crippen LogP contribution in [0.5, 0.6) is 0 Å². The smallest absolute Gasteiger partial charge is 0.317 e. The van der Waals surface area contributed by atoms with Crippen LogP contribution in [0.25, 0.3) is 0 Å². The van der Waals surface area contributed by atoms with Crippen molar-refractivity contribution in [3.63, 3.8) is 0 Å². The number of rotatable bonds is 2. The van der Waals surface area contributed by atoms with Crippen molar-refractivity contribution < 1.29 is 4.79 Å². The predicted molar refractivity (Wildman–Crippen MR) is 105 cm³/mol. The number of hydrogen-bond donors (Lipinski definition) is 1. The van der Waals surface area contributed by atoms with Gasteiger partial charge in [-0.1, -0.05) is 0 Å². The van der Waals surface area contributed by atoms with Crippen LogP contribution in [-0.4, -0.2) is 48.1 Å². The Labute approximate surface area is 163 Å². The molecule has 2 amide bonds. The first-order valence-corrected chi connectivity index (χ1v) is 10.9. The minimum Gasteiger partial charge on any atom is -0.353 e. The van der Waals surface area contributed by atoms with E-state index in [0.717, 1.165) is 60.1 Å². The van der Waals surface area contributed by atoms with Gasteiger partial charge in [0.15, 0.2) is 0 Å². The highest BCUT2D eigenvalue weighted by molar-refractivity contribution is 9.10. The molecular formula is C20H27BrN4O. The van der Waals surface area contributed by atoms with Gasteiger partial charge in [-0.3, -0.25) is 0 Å². The lowest BCUT2D eigenvalue weighted by atomic mass is 9.54. The van der Waals surface area contributed by atoms with Gasteiger partial charge in [0.1, 0.15) is 5.82 Å². The van der Waals surface area contributed by atoms with Gasteiger partial charge in [0.05, 0.1) is 0 Å². The zero-order valence-corrected chi connectivity index (χ0v) is 16.7. The van der Waals surface area contributed by atoms with Crippen LogP contribution >= 0.6 is 15.9 Å². The first-order chi connectivity index (χ1) is 12.7. The Morgan fingerprint density at radius 1 is 1.00 bits per heavy atom. The van der Waals surface area contributed by atoms with Gasteiger partial charge >= 0.3 is 6.03 Å². The molecule has 5 aliphatic rings. The summed E-state index contributed by atoms with van der Waals surface area (Å²) >= 11 is 3.43. The van der Waals surface area contributed by atoms with Crippen molar-refractivity contribution in [2.45, 2.75) is 38.1 Å². The minimum atomic E-state index is 0.158. The van der Waals surface area contributed by atoms with Gasteiger partial charge in [-0.25, -0.2) is 9.78 Å². The van der Waals surface area contributed by atoms with E-state index >= 15 is 0 Å². The van der Waals surface area contributed by atoms with E-state index in [1.807, 2.05) is 23.2 Å². The van der Waals surface area contributed by atoms with Crippen LogP contribution in [0.2, 0.25) is 0 Å². The number of hydrogen-bond acceptors (Lipinski definition) is 3. The summed E-state index contributed by atoms with van der Waals surface area (Å²) in [5, 5.41) is 3.44. The number of urea groups is 1. The Morgan fingerprint density at radius 2 is 1.65 bits per heavy atom. The number of amides is 2. The van der Waals surface area contributed by atoms with Crippen LogP contribution in [0.1, 0.15) is 32.1 Å². The highest BCUT2D eigenvalue weighted by Crippen LogP contribution is 2.53. The maximum atomic E-state index is 12.9. The number of carbonyl (C=O) groups excluding carboxylic acids is 1. The molecule has 26 heavy (non-hydrogen) atoms. The molecule has 6 heteroatoms. The van der Waals surface area contributed by atoms with Crippen molar-refractivity contribution >= 4 is 27.8 Å². The molecule has 1 aromatic heterocycles. The van der Waals surface area contributed by atoms with Gasteiger partial charge in [-0.05, 0) is 83.8 Å². The summed E-state index contributed by atoms with van der Waals surface area (Å²) in [5.41, 5.74) is 0. The van der Waals surface area contributed by atoms with E-state index in [9.17, 15) is 4.79 Å². The molecule has 0 spiro atoms. The third kappa shape index (κ3) is 3.10. The second kappa shape index (κ2) is 6.70. The fourth-order valence-electron chi connectivity index (χ4n) is 6.09. The predicted octanol–water partition coefficient (Wildman–Crippen LogP) is 3.50. The number of anilines is 1. The minimum absolute atomic E-state index is 0.158. The second-order valence-corrected chi connectivity index (χ2v) is 9.63. The molecule has 0 radical (unpaired) electrons. The molecule has 2 heterocycles. The third-order valence-electron chi connectivity index (χ3n) is 7.12. The number of carbonyl (C=O) groups is 1. The fraction of sp³-hybridized carbons (Fsp3) is 0.700. The second-order valence-electron chi connectivity index (χ2n) is 8.71. The lowest BCUT2D eigenvalue weighted by molar-refractivity contribution is -0.0110. The third-order valence-corrected chi connectivity index (χ3v) is 7.59. The standard InChI is InChI=1S/C20H27BrN4O/c21-17-1-2-18(22-12-17)24-3-5-25(6-4-24)20(26)23-19-15-8-13-7-14(10-15)11-16(19)9-13/h1-2,12-16,19H,3-11H2,(H,23,26). The van der Waals surface area contributed by atoms with Gasteiger partial charge in [0.2, 0.25) is 0 Å². The largest absolute Gasteiger partial charge is 0.353 e. The average Bonchev–Trinajstić information content (AvgIpc) is 2.65. The van der Waals surface area contributed by atoms with E-state index in [0.29, 0.717) is 6.04 Å². The summed E-state index contributed by atoms with van der Waals surface area (Å²) < 4.78 is 0.995. The molecule has 6 rings (SSSR count). The molecule has 1 N–H and O–H groups in total. The molecule has 0 atom stereocenters. The number of nitrogens with one attached hydrogen (secondary N) is 1. The topological polar surface area (TPSA) is 48.5 Å². The van der Waals surface area contributed by atoms with E-state index in [-0.39, 0.29) is 6.03 Å². The number of nitrogens with zero attached hydrogens (tertiary/aromatic N) is 3. The van der Waals surface area contributed by atoms with Crippen LogP contribution in [0.4, 0.5) is 10.6 Å². The van der Waals surface area contributed by atoms with Gasteiger partial charge in [-0.15, -0.1) is 0 Å². The Morgan fingerprint density at radius 3 is 2.23 bits per heavy atom. The van der Waals surface area contributed by atoms with Gasteiger partial charge in [0, 0.05) is 42.9 Å². The SMILES string of the molecule is O=C(NC1C2CC3CC(C2)CC1C3)N1CCN(c2ccc(Br)cn2)CC1. The molecule has 140 valence electrons. The number of halogens is 1. The Hall–Kier alpha value is -1.30. The van der Waals surface area contributed by atoms with E-state index in [1.165, 1.54) is 32.1 Å². The van der Waals surface area contributed by atoms with Crippen LogP contribution < -0.4 is 10.2 Å². The molecule has 1 aliphatic heterocycles. The monoisotopic (exact) mass is 418 g/mol. The lowest BCUT2D eigenvalue weighted by Gasteiger charge is -2.54. The average molecular weight is 419 g/mol. The first kappa shape index (κ1) is 16.8. The molecule has 1 aromatic rings. The van der Waals surface area contributed by atoms with Crippen LogP contribution in [0.3, 0.4) is 0 Å². The summed E-state index contributed by atoms with van der Waals surface area (Å²) in [5.74, 6) is 4.38. The zero-order valence-electron chi connectivity index (χ0n) is 15.1. The van der Waals surface area contributed by atoms with Crippen molar-refractivity contribution in [3.05, 3.63) is 22.8 Å². The fourth-order valence-corrected chi connectivity index (χ4v) is 6.32. The number of piperazine rings is 1. The van der Waals surface area contributed by atoms with Crippen molar-refractivity contribution in [2.75, 3.05) is 31.1 Å². The van der Waals surface area contributed by atoms with Crippen molar-refractivity contribution in [1.82, 2.24) is 15.2 Å². The summed E-state index contributed by atoms with van der Waals surface area (Å²) in [6.07, 6.45) is 8.68. The van der Waals surface area contributed by atoms with Crippen LogP contribution in [0, 0.1) is 23.7 Å². The molecule has 0 unspecified atom stereocenters. The van der Waals surface area contributed by atoms with Crippen molar-refractivity contribution in [1.29, 1.82) is 0 Å². The van der Waals surface area contributed by atoms with Crippen LogP contribution in [-0.2, 0) is 0 Å². The van der Waals surface area contributed by atoms with E-state index in [2.05, 4.69) is 31.1 Å². The van der Waals surface area contributed by atoms with Gasteiger partial charge < -0.3 is 15.1 Å². The molecule has 4 aliphatic carbocycles. The molecule has 5 fully saturated rings. The maximum absolute atomic E-state index is 12.9. The van der Waals surface area contributed by atoms with Crippen LogP contribution in [0.15, 0.2) is 22.8 Å². The summed E-state index contributed by atoms with van der Waals surface area (Å²) in [6, 6.07) is 4.65. The van der Waals surface area contributed by atoms with E-state index < -0.39 is 0 Å². The summed E-state index contributed by atoms with van der Waals surface area (Å²) in [6.45, 7) is 3.25. The number of pyridine rings is 1. The zero-order chi connectivity index (χ0) is 17.7. The summed E-state index contributed by atoms with van der Waals surface area (Å²) in [7, 11) is 0. The normalized spacial score (nSPS) is 35.7. The summed E-state index contributed by atoms with van der Waals surface area (Å²) in [4.78, 5) is 21.6. The Kier molecular flexibility index (Phi) is 4.34.